The second kappa shape index (κ2) is 6.65. The Balaban J connectivity index is 2.15. The molecule has 8 heteroatoms. The molecule has 7 nitrogen and oxygen atoms in total. The molecule has 0 aromatic heterocycles. The highest BCUT2D eigenvalue weighted by molar-refractivity contribution is 7.89. The summed E-state index contributed by atoms with van der Waals surface area (Å²) in [4.78, 5) is 9.97. The highest BCUT2D eigenvalue weighted by Crippen LogP contribution is 2.16. The SMILES string of the molecule is NCc1ccccc1CNS(=O)(=O)c1ccc([N+](=O)[O-])cc1. The summed E-state index contributed by atoms with van der Waals surface area (Å²) in [5.74, 6) is 0. The molecule has 2 rings (SSSR count). The van der Waals surface area contributed by atoms with Gasteiger partial charge in [-0.2, -0.15) is 0 Å². The molecule has 0 atom stereocenters. The van der Waals surface area contributed by atoms with E-state index >= 15 is 0 Å². The van der Waals surface area contributed by atoms with E-state index < -0.39 is 14.9 Å². The highest BCUT2D eigenvalue weighted by atomic mass is 32.2. The molecule has 0 aliphatic heterocycles. The second-order valence-electron chi connectivity index (χ2n) is 4.55. The van der Waals surface area contributed by atoms with Crippen molar-refractivity contribution in [1.29, 1.82) is 0 Å². The van der Waals surface area contributed by atoms with Crippen LogP contribution in [0.15, 0.2) is 53.4 Å². The molecule has 0 amide bonds. The van der Waals surface area contributed by atoms with Gasteiger partial charge in [0.2, 0.25) is 10.0 Å². The van der Waals surface area contributed by atoms with E-state index in [0.29, 0.717) is 6.54 Å². The number of nitrogens with zero attached hydrogens (tertiary/aromatic N) is 1. The van der Waals surface area contributed by atoms with Gasteiger partial charge in [0, 0.05) is 25.2 Å². The molecular weight excluding hydrogens is 306 g/mol. The zero-order chi connectivity index (χ0) is 16.2. The third-order valence-corrected chi connectivity index (χ3v) is 4.57. The first-order chi connectivity index (χ1) is 10.4. The first-order valence-electron chi connectivity index (χ1n) is 6.45. The lowest BCUT2D eigenvalue weighted by Gasteiger charge is -2.10. The fourth-order valence-corrected chi connectivity index (χ4v) is 2.94. The minimum absolute atomic E-state index is 0.0247. The fraction of sp³-hybridized carbons (Fsp3) is 0.143. The normalized spacial score (nSPS) is 11.3. The predicted molar refractivity (Wildman–Crippen MR) is 81.5 cm³/mol. The van der Waals surface area contributed by atoms with Crippen LogP contribution in [-0.4, -0.2) is 13.3 Å². The lowest BCUT2D eigenvalue weighted by atomic mass is 10.1. The Morgan fingerprint density at radius 3 is 2.18 bits per heavy atom. The van der Waals surface area contributed by atoms with E-state index in [1.54, 1.807) is 12.1 Å². The molecule has 0 unspecified atom stereocenters. The third kappa shape index (κ3) is 3.67. The maximum absolute atomic E-state index is 12.2. The van der Waals surface area contributed by atoms with Crippen LogP contribution < -0.4 is 10.5 Å². The molecule has 116 valence electrons. The Bertz CT molecular complexity index is 773. The Morgan fingerprint density at radius 1 is 1.05 bits per heavy atom. The van der Waals surface area contributed by atoms with Crippen LogP contribution in [0.3, 0.4) is 0 Å². The first-order valence-corrected chi connectivity index (χ1v) is 7.93. The number of nitrogens with one attached hydrogen (secondary N) is 1. The minimum atomic E-state index is -3.74. The number of benzene rings is 2. The van der Waals surface area contributed by atoms with Crippen LogP contribution in [0.4, 0.5) is 5.69 Å². The van der Waals surface area contributed by atoms with Crippen LogP contribution in [-0.2, 0) is 23.1 Å². The van der Waals surface area contributed by atoms with Gasteiger partial charge in [-0.1, -0.05) is 24.3 Å². The van der Waals surface area contributed by atoms with Crippen LogP contribution in [0.25, 0.3) is 0 Å². The van der Waals surface area contributed by atoms with Gasteiger partial charge in [-0.15, -0.1) is 0 Å². The van der Waals surface area contributed by atoms with E-state index in [1.807, 2.05) is 12.1 Å². The van der Waals surface area contributed by atoms with Crippen molar-refractivity contribution in [3.8, 4) is 0 Å². The fourth-order valence-electron chi connectivity index (χ4n) is 1.93. The summed E-state index contributed by atoms with van der Waals surface area (Å²) >= 11 is 0. The Hall–Kier alpha value is -2.29. The summed E-state index contributed by atoms with van der Waals surface area (Å²) < 4.78 is 26.8. The summed E-state index contributed by atoms with van der Waals surface area (Å²) in [6, 6.07) is 12.0. The third-order valence-electron chi connectivity index (χ3n) is 3.15. The molecule has 0 saturated heterocycles. The van der Waals surface area contributed by atoms with E-state index in [1.165, 1.54) is 12.1 Å². The molecule has 0 radical (unpaired) electrons. The van der Waals surface area contributed by atoms with E-state index in [9.17, 15) is 18.5 Å². The molecule has 0 saturated carbocycles. The summed E-state index contributed by atoms with van der Waals surface area (Å²) in [6.07, 6.45) is 0. The lowest BCUT2D eigenvalue weighted by Crippen LogP contribution is -2.24. The number of rotatable bonds is 6. The minimum Gasteiger partial charge on any atom is -0.326 e. The van der Waals surface area contributed by atoms with Crippen molar-refractivity contribution in [2.24, 2.45) is 5.73 Å². The number of hydrogen-bond donors (Lipinski definition) is 2. The number of nitrogens with two attached hydrogens (primary N) is 1. The van der Waals surface area contributed by atoms with Crippen molar-refractivity contribution in [3.05, 3.63) is 69.8 Å². The van der Waals surface area contributed by atoms with Gasteiger partial charge in [-0.05, 0) is 23.3 Å². The molecule has 0 bridgehead atoms. The molecule has 0 heterocycles. The molecule has 3 N–H and O–H groups in total. The van der Waals surface area contributed by atoms with Crippen molar-refractivity contribution >= 4 is 15.7 Å². The average molecular weight is 321 g/mol. The largest absolute Gasteiger partial charge is 0.326 e. The average Bonchev–Trinajstić information content (AvgIpc) is 2.53. The number of sulfonamides is 1. The topological polar surface area (TPSA) is 115 Å². The van der Waals surface area contributed by atoms with Crippen molar-refractivity contribution < 1.29 is 13.3 Å². The van der Waals surface area contributed by atoms with Gasteiger partial charge in [0.1, 0.15) is 0 Å². The standard InChI is InChI=1S/C14H15N3O4S/c15-9-11-3-1-2-4-12(11)10-16-22(20,21)14-7-5-13(6-8-14)17(18)19/h1-8,16H,9-10,15H2. The maximum Gasteiger partial charge on any atom is 0.269 e. The Morgan fingerprint density at radius 2 is 1.64 bits per heavy atom. The molecule has 0 fully saturated rings. The van der Waals surface area contributed by atoms with Gasteiger partial charge in [0.05, 0.1) is 9.82 Å². The van der Waals surface area contributed by atoms with Gasteiger partial charge in [0.15, 0.2) is 0 Å². The lowest BCUT2D eigenvalue weighted by molar-refractivity contribution is -0.384. The van der Waals surface area contributed by atoms with Gasteiger partial charge in [-0.3, -0.25) is 10.1 Å². The number of nitro groups is 1. The Labute approximate surface area is 128 Å². The number of nitro benzene ring substituents is 1. The van der Waals surface area contributed by atoms with Gasteiger partial charge < -0.3 is 5.73 Å². The van der Waals surface area contributed by atoms with E-state index in [4.69, 9.17) is 5.73 Å². The van der Waals surface area contributed by atoms with Crippen molar-refractivity contribution in [3.63, 3.8) is 0 Å². The van der Waals surface area contributed by atoms with Gasteiger partial charge in [0.25, 0.3) is 5.69 Å². The summed E-state index contributed by atoms with van der Waals surface area (Å²) in [6.45, 7) is 0.419. The Kier molecular flexibility index (Phi) is 4.86. The van der Waals surface area contributed by atoms with Crippen molar-refractivity contribution in [2.45, 2.75) is 18.0 Å². The van der Waals surface area contributed by atoms with Crippen LogP contribution in [0.2, 0.25) is 0 Å². The van der Waals surface area contributed by atoms with E-state index in [0.717, 1.165) is 23.3 Å². The summed E-state index contributed by atoms with van der Waals surface area (Å²) in [7, 11) is -3.74. The second-order valence-corrected chi connectivity index (χ2v) is 6.32. The zero-order valence-electron chi connectivity index (χ0n) is 11.6. The van der Waals surface area contributed by atoms with Crippen LogP contribution in [0.1, 0.15) is 11.1 Å². The quantitative estimate of drug-likeness (QED) is 0.618. The number of hydrogen-bond acceptors (Lipinski definition) is 5. The van der Waals surface area contributed by atoms with E-state index in [-0.39, 0.29) is 17.1 Å². The number of non-ortho nitro benzene ring substituents is 1. The van der Waals surface area contributed by atoms with Gasteiger partial charge >= 0.3 is 0 Å². The summed E-state index contributed by atoms with van der Waals surface area (Å²) in [5, 5.41) is 10.6. The van der Waals surface area contributed by atoms with Crippen molar-refractivity contribution in [1.82, 2.24) is 4.72 Å². The zero-order valence-corrected chi connectivity index (χ0v) is 12.4. The molecule has 0 aliphatic rings. The molecule has 0 spiro atoms. The van der Waals surface area contributed by atoms with Gasteiger partial charge in [-0.25, -0.2) is 13.1 Å². The highest BCUT2D eigenvalue weighted by Gasteiger charge is 2.16. The summed E-state index contributed by atoms with van der Waals surface area (Å²) in [5.41, 5.74) is 7.09. The maximum atomic E-state index is 12.2. The molecule has 0 aliphatic carbocycles. The molecular formula is C14H15N3O4S. The first kappa shape index (κ1) is 16.1. The predicted octanol–water partition coefficient (Wildman–Crippen LogP) is 1.53. The smallest absolute Gasteiger partial charge is 0.269 e. The van der Waals surface area contributed by atoms with Crippen LogP contribution in [0, 0.1) is 10.1 Å². The van der Waals surface area contributed by atoms with Crippen LogP contribution >= 0.6 is 0 Å². The molecule has 2 aromatic rings. The van der Waals surface area contributed by atoms with E-state index in [2.05, 4.69) is 4.72 Å². The van der Waals surface area contributed by atoms with Crippen molar-refractivity contribution in [2.75, 3.05) is 0 Å². The molecule has 2 aromatic carbocycles. The monoisotopic (exact) mass is 321 g/mol. The molecule has 22 heavy (non-hydrogen) atoms. The van der Waals surface area contributed by atoms with Crippen LogP contribution in [0.5, 0.6) is 0 Å².